The van der Waals surface area contributed by atoms with Crippen LogP contribution in [0, 0.1) is 5.82 Å². The van der Waals surface area contributed by atoms with Crippen molar-refractivity contribution in [2.24, 2.45) is 11.5 Å². The van der Waals surface area contributed by atoms with Crippen LogP contribution in [0.5, 0.6) is 0 Å². The van der Waals surface area contributed by atoms with E-state index in [9.17, 15) is 14.0 Å². The maximum Gasteiger partial charge on any atom is 0.268 e. The van der Waals surface area contributed by atoms with Crippen LogP contribution < -0.4 is 21.9 Å². The third kappa shape index (κ3) is 3.53. The van der Waals surface area contributed by atoms with Crippen LogP contribution in [0.3, 0.4) is 0 Å². The van der Waals surface area contributed by atoms with Crippen molar-refractivity contribution in [3.05, 3.63) is 46.1 Å². The molecule has 0 saturated carbocycles. The van der Waals surface area contributed by atoms with E-state index in [1.807, 2.05) is 11.8 Å². The number of aromatic amines is 1. The number of piperidine rings is 1. The van der Waals surface area contributed by atoms with Gasteiger partial charge in [0.1, 0.15) is 11.5 Å². The molecule has 0 atom stereocenters. The van der Waals surface area contributed by atoms with E-state index in [4.69, 9.17) is 11.5 Å². The number of hydrogen-bond acceptors (Lipinski definition) is 5. The molecule has 1 aromatic heterocycles. The Hall–Kier alpha value is -2.74. The van der Waals surface area contributed by atoms with Crippen LogP contribution in [-0.2, 0) is 0 Å². The molecule has 3 rings (SSSR count). The van der Waals surface area contributed by atoms with Crippen molar-refractivity contribution >= 4 is 11.9 Å². The van der Waals surface area contributed by atoms with E-state index < -0.39 is 17.3 Å². The van der Waals surface area contributed by atoms with Crippen LogP contribution in [0.1, 0.15) is 30.3 Å². The van der Waals surface area contributed by atoms with Gasteiger partial charge in [0.05, 0.1) is 5.56 Å². The second kappa shape index (κ2) is 6.29. The average Bonchev–Trinajstić information content (AvgIpc) is 2.54. The minimum atomic E-state index is -0.840. The van der Waals surface area contributed by atoms with Gasteiger partial charge in [-0.25, -0.2) is 9.37 Å². The highest BCUT2D eigenvalue weighted by atomic mass is 19.1. The first-order valence-corrected chi connectivity index (χ1v) is 8.01. The molecule has 7 nitrogen and oxygen atoms in total. The largest absolute Gasteiger partial charge is 0.364 e. The molecule has 1 amide bonds. The molecule has 25 heavy (non-hydrogen) atoms. The van der Waals surface area contributed by atoms with Gasteiger partial charge in [0.25, 0.3) is 11.5 Å². The number of benzene rings is 1. The van der Waals surface area contributed by atoms with Crippen LogP contribution in [0.2, 0.25) is 0 Å². The highest BCUT2D eigenvalue weighted by Crippen LogP contribution is 2.24. The summed E-state index contributed by atoms with van der Waals surface area (Å²) in [5, 5.41) is 0. The molecule has 1 aliphatic rings. The van der Waals surface area contributed by atoms with Gasteiger partial charge in [-0.1, -0.05) is 12.1 Å². The maximum absolute atomic E-state index is 13.5. The molecule has 1 fully saturated rings. The van der Waals surface area contributed by atoms with Crippen molar-refractivity contribution in [2.75, 3.05) is 18.0 Å². The zero-order chi connectivity index (χ0) is 18.2. The Labute approximate surface area is 143 Å². The fourth-order valence-corrected chi connectivity index (χ4v) is 2.93. The number of H-pyrrole nitrogens is 1. The SMILES string of the molecule is CC1(N)CCN(c2nc(C(N)=O)c(-c3cccc(F)c3)c(=O)[nH]2)CC1. The predicted octanol–water partition coefficient (Wildman–Crippen LogP) is 0.993. The third-order valence-corrected chi connectivity index (χ3v) is 4.46. The standard InChI is InChI=1S/C17H20FN5O2/c1-17(20)5-7-23(8-6-17)16-21-13(14(19)24)12(15(25)22-16)10-3-2-4-11(18)9-10/h2-4,9H,5-8,20H2,1H3,(H2,19,24)(H,21,22,25). The van der Waals surface area contributed by atoms with E-state index in [-0.39, 0.29) is 28.3 Å². The third-order valence-electron chi connectivity index (χ3n) is 4.46. The van der Waals surface area contributed by atoms with Crippen LogP contribution >= 0.6 is 0 Å². The Kier molecular flexibility index (Phi) is 4.30. The second-order valence-electron chi connectivity index (χ2n) is 6.63. The van der Waals surface area contributed by atoms with Crippen LogP contribution in [0.25, 0.3) is 11.1 Å². The van der Waals surface area contributed by atoms with E-state index in [0.29, 0.717) is 13.1 Å². The quantitative estimate of drug-likeness (QED) is 0.767. The molecular weight excluding hydrogens is 325 g/mol. The number of rotatable bonds is 3. The summed E-state index contributed by atoms with van der Waals surface area (Å²) in [5.41, 5.74) is 10.8. The van der Waals surface area contributed by atoms with Crippen molar-refractivity contribution in [3.63, 3.8) is 0 Å². The van der Waals surface area contributed by atoms with Crippen LogP contribution in [-0.4, -0.2) is 34.5 Å². The number of anilines is 1. The Morgan fingerprint density at radius 3 is 2.64 bits per heavy atom. The van der Waals surface area contributed by atoms with Gasteiger partial charge in [0.2, 0.25) is 5.95 Å². The van der Waals surface area contributed by atoms with Crippen molar-refractivity contribution in [3.8, 4) is 11.1 Å². The number of amides is 1. The molecule has 2 aromatic rings. The number of carbonyl (C=O) groups is 1. The smallest absolute Gasteiger partial charge is 0.268 e. The van der Waals surface area contributed by atoms with E-state index in [1.165, 1.54) is 24.3 Å². The summed E-state index contributed by atoms with van der Waals surface area (Å²) in [4.78, 5) is 33.2. The summed E-state index contributed by atoms with van der Waals surface area (Å²) in [6.45, 7) is 3.18. The maximum atomic E-state index is 13.5. The molecule has 1 aromatic carbocycles. The first-order valence-electron chi connectivity index (χ1n) is 8.01. The lowest BCUT2D eigenvalue weighted by Gasteiger charge is -2.37. The summed E-state index contributed by atoms with van der Waals surface area (Å²) < 4.78 is 13.5. The summed E-state index contributed by atoms with van der Waals surface area (Å²) in [6, 6.07) is 5.40. The van der Waals surface area contributed by atoms with Crippen molar-refractivity contribution in [1.82, 2.24) is 9.97 Å². The van der Waals surface area contributed by atoms with Gasteiger partial charge >= 0.3 is 0 Å². The number of halogens is 1. The van der Waals surface area contributed by atoms with E-state index in [1.54, 1.807) is 0 Å². The van der Waals surface area contributed by atoms with Crippen molar-refractivity contribution in [1.29, 1.82) is 0 Å². The van der Waals surface area contributed by atoms with Gasteiger partial charge in [-0.15, -0.1) is 0 Å². The number of nitrogens with two attached hydrogens (primary N) is 2. The minimum absolute atomic E-state index is 0.0311. The fourth-order valence-electron chi connectivity index (χ4n) is 2.93. The van der Waals surface area contributed by atoms with Crippen molar-refractivity contribution in [2.45, 2.75) is 25.3 Å². The average molecular weight is 345 g/mol. The van der Waals surface area contributed by atoms with Gasteiger partial charge in [-0.3, -0.25) is 14.6 Å². The fraction of sp³-hybridized carbons (Fsp3) is 0.353. The molecule has 0 radical (unpaired) electrons. The number of hydrogen-bond donors (Lipinski definition) is 3. The van der Waals surface area contributed by atoms with Gasteiger partial charge in [0, 0.05) is 18.6 Å². The molecule has 0 aliphatic carbocycles. The van der Waals surface area contributed by atoms with Gasteiger partial charge < -0.3 is 16.4 Å². The van der Waals surface area contributed by atoms with E-state index >= 15 is 0 Å². The molecule has 2 heterocycles. The molecule has 0 bridgehead atoms. The van der Waals surface area contributed by atoms with Crippen LogP contribution in [0.15, 0.2) is 29.1 Å². The highest BCUT2D eigenvalue weighted by molar-refractivity contribution is 5.97. The zero-order valence-electron chi connectivity index (χ0n) is 13.9. The summed E-state index contributed by atoms with van der Waals surface area (Å²) >= 11 is 0. The lowest BCUT2D eigenvalue weighted by atomic mass is 9.91. The number of aromatic nitrogens is 2. The molecule has 0 unspecified atom stereocenters. The molecule has 8 heteroatoms. The summed E-state index contributed by atoms with van der Waals surface area (Å²) in [7, 11) is 0. The van der Waals surface area contributed by atoms with Gasteiger partial charge in [0.15, 0.2) is 0 Å². The highest BCUT2D eigenvalue weighted by Gasteiger charge is 2.28. The lowest BCUT2D eigenvalue weighted by Crippen LogP contribution is -2.49. The Bertz CT molecular complexity index is 868. The number of primary amides is 1. The topological polar surface area (TPSA) is 118 Å². The number of nitrogens with one attached hydrogen (secondary N) is 1. The molecule has 5 N–H and O–H groups in total. The number of carbonyl (C=O) groups excluding carboxylic acids is 1. The normalized spacial score (nSPS) is 16.7. The van der Waals surface area contributed by atoms with E-state index in [2.05, 4.69) is 9.97 Å². The minimum Gasteiger partial charge on any atom is -0.364 e. The Morgan fingerprint density at radius 2 is 2.04 bits per heavy atom. The second-order valence-corrected chi connectivity index (χ2v) is 6.63. The Morgan fingerprint density at radius 1 is 1.36 bits per heavy atom. The molecule has 0 spiro atoms. The predicted molar refractivity (Wildman–Crippen MR) is 92.8 cm³/mol. The summed E-state index contributed by atoms with van der Waals surface area (Å²) in [5.74, 6) is -1.09. The molecule has 1 saturated heterocycles. The molecule has 132 valence electrons. The first-order chi connectivity index (χ1) is 11.8. The van der Waals surface area contributed by atoms with Gasteiger partial charge in [-0.05, 0) is 37.5 Å². The Balaban J connectivity index is 2.05. The molecule has 1 aliphatic heterocycles. The van der Waals surface area contributed by atoms with Crippen molar-refractivity contribution < 1.29 is 9.18 Å². The lowest BCUT2D eigenvalue weighted by molar-refractivity contribution is 0.0996. The van der Waals surface area contributed by atoms with Gasteiger partial charge in [-0.2, -0.15) is 0 Å². The molecular formula is C17H20FN5O2. The van der Waals surface area contributed by atoms with E-state index in [0.717, 1.165) is 12.8 Å². The first kappa shape index (κ1) is 17.1. The monoisotopic (exact) mass is 345 g/mol. The zero-order valence-corrected chi connectivity index (χ0v) is 13.9. The number of nitrogens with zero attached hydrogens (tertiary/aromatic N) is 2. The summed E-state index contributed by atoms with van der Waals surface area (Å²) in [6.07, 6.45) is 1.46. The van der Waals surface area contributed by atoms with Crippen LogP contribution in [0.4, 0.5) is 10.3 Å².